The lowest BCUT2D eigenvalue weighted by atomic mass is 10.0. The smallest absolute Gasteiger partial charge is 0.256 e. The van der Waals surface area contributed by atoms with Crippen molar-refractivity contribution in [3.63, 3.8) is 0 Å². The first-order chi connectivity index (χ1) is 9.44. The molecule has 6 heteroatoms. The summed E-state index contributed by atoms with van der Waals surface area (Å²) in [6, 6.07) is 0. The van der Waals surface area contributed by atoms with E-state index in [0.717, 1.165) is 13.0 Å². The van der Waals surface area contributed by atoms with Crippen LogP contribution in [0.3, 0.4) is 0 Å². The third-order valence-electron chi connectivity index (χ3n) is 4.05. The topological polar surface area (TPSA) is 84.2 Å². The molecule has 1 amide bonds. The molecule has 0 radical (unpaired) electrons. The van der Waals surface area contributed by atoms with Crippen molar-refractivity contribution in [1.82, 2.24) is 5.32 Å². The lowest BCUT2D eigenvalue weighted by molar-refractivity contribution is 0.0965. The lowest BCUT2D eigenvalue weighted by Gasteiger charge is -2.14. The van der Waals surface area contributed by atoms with E-state index in [2.05, 4.69) is 17.6 Å². The molecular formula is C14H21N3O2S. The number of Topliss-reactive ketones (excluding diaryl/α,β-unsaturated/α-hetero) is 1. The second-order valence-corrected chi connectivity index (χ2v) is 6.41. The zero-order valence-corrected chi connectivity index (χ0v) is 12.9. The maximum absolute atomic E-state index is 12.0. The van der Waals surface area contributed by atoms with Crippen LogP contribution in [-0.2, 0) is 0 Å². The number of nitrogens with one attached hydrogen (secondary N) is 2. The molecule has 4 N–H and O–H groups in total. The normalized spacial score (nSPS) is 15.8. The minimum atomic E-state index is -0.255. The molecule has 1 aromatic rings. The van der Waals surface area contributed by atoms with Crippen molar-refractivity contribution in [3.05, 3.63) is 10.4 Å². The largest absolute Gasteiger partial charge is 0.397 e. The molecule has 110 valence electrons. The highest BCUT2D eigenvalue weighted by Gasteiger charge is 2.40. The predicted molar refractivity (Wildman–Crippen MR) is 82.6 cm³/mol. The van der Waals surface area contributed by atoms with Crippen molar-refractivity contribution in [2.75, 3.05) is 24.6 Å². The molecule has 1 aliphatic carbocycles. The van der Waals surface area contributed by atoms with E-state index in [4.69, 9.17) is 5.73 Å². The number of hydrogen-bond donors (Lipinski definition) is 3. The fraction of sp³-hybridized carbons (Fsp3) is 0.571. The highest BCUT2D eigenvalue weighted by molar-refractivity contribution is 7.19. The average molecular weight is 295 g/mol. The summed E-state index contributed by atoms with van der Waals surface area (Å²) in [5.74, 6) is -0.363. The van der Waals surface area contributed by atoms with Crippen molar-refractivity contribution in [2.45, 2.75) is 33.1 Å². The molecule has 0 atom stereocenters. The van der Waals surface area contributed by atoms with E-state index in [1.54, 1.807) is 7.05 Å². The van der Waals surface area contributed by atoms with Gasteiger partial charge in [0.25, 0.3) is 5.91 Å². The van der Waals surface area contributed by atoms with Gasteiger partial charge >= 0.3 is 0 Å². The quantitative estimate of drug-likeness (QED) is 0.704. The number of amides is 1. The summed E-state index contributed by atoms with van der Waals surface area (Å²) in [4.78, 5) is 24.0. The van der Waals surface area contributed by atoms with E-state index in [9.17, 15) is 9.59 Å². The maximum atomic E-state index is 12.0. The van der Waals surface area contributed by atoms with E-state index in [0.29, 0.717) is 20.9 Å². The second-order valence-electron chi connectivity index (χ2n) is 5.39. The number of nitrogens with two attached hydrogens (primary N) is 1. The summed E-state index contributed by atoms with van der Waals surface area (Å²) in [6.45, 7) is 4.47. The third-order valence-corrected chi connectivity index (χ3v) is 5.31. The predicted octanol–water partition coefficient (Wildman–Crippen LogP) is 2.49. The van der Waals surface area contributed by atoms with Gasteiger partial charge in [-0.1, -0.05) is 6.92 Å². The van der Waals surface area contributed by atoms with Gasteiger partial charge in [0.1, 0.15) is 5.00 Å². The monoisotopic (exact) mass is 295 g/mol. The molecule has 0 unspecified atom stereocenters. The molecule has 2 rings (SSSR count). The molecule has 0 aliphatic heterocycles. The average Bonchev–Trinajstić information content (AvgIpc) is 3.13. The number of hydrogen-bond acceptors (Lipinski definition) is 5. The van der Waals surface area contributed by atoms with Gasteiger partial charge in [0.2, 0.25) is 0 Å². The summed E-state index contributed by atoms with van der Waals surface area (Å²) in [5, 5.41) is 6.60. The van der Waals surface area contributed by atoms with E-state index >= 15 is 0 Å². The first-order valence-corrected chi connectivity index (χ1v) is 7.65. The van der Waals surface area contributed by atoms with Gasteiger partial charge in [-0.05, 0) is 24.7 Å². The minimum Gasteiger partial charge on any atom is -0.397 e. The highest BCUT2D eigenvalue weighted by atomic mass is 32.1. The summed E-state index contributed by atoms with van der Waals surface area (Å²) in [6.07, 6.45) is 3.55. The van der Waals surface area contributed by atoms with Crippen molar-refractivity contribution in [2.24, 2.45) is 5.41 Å². The Morgan fingerprint density at radius 2 is 2.05 bits per heavy atom. The summed E-state index contributed by atoms with van der Waals surface area (Å²) in [5.41, 5.74) is 6.99. The second kappa shape index (κ2) is 5.44. The summed E-state index contributed by atoms with van der Waals surface area (Å²) < 4.78 is 0. The van der Waals surface area contributed by atoms with Crippen LogP contribution in [0.5, 0.6) is 0 Å². The Morgan fingerprint density at radius 1 is 1.40 bits per heavy atom. The molecule has 1 saturated carbocycles. The Morgan fingerprint density at radius 3 is 2.50 bits per heavy atom. The van der Waals surface area contributed by atoms with Gasteiger partial charge in [0.15, 0.2) is 5.78 Å². The van der Waals surface area contributed by atoms with Crippen molar-refractivity contribution >= 4 is 33.7 Å². The standard InChI is InChI=1S/C14H21N3O2S/c1-4-14(5-6-14)7-17-13-9(12(19)16-3)10(15)11(20-13)8(2)18/h17H,4-7,15H2,1-3H3,(H,16,19). The van der Waals surface area contributed by atoms with Gasteiger partial charge in [-0.15, -0.1) is 11.3 Å². The van der Waals surface area contributed by atoms with E-state index < -0.39 is 0 Å². The van der Waals surface area contributed by atoms with Gasteiger partial charge < -0.3 is 16.4 Å². The number of thiophene rings is 1. The summed E-state index contributed by atoms with van der Waals surface area (Å²) in [7, 11) is 1.56. The molecule has 20 heavy (non-hydrogen) atoms. The molecule has 1 aromatic heterocycles. The van der Waals surface area contributed by atoms with Crippen LogP contribution >= 0.6 is 11.3 Å². The first-order valence-electron chi connectivity index (χ1n) is 6.83. The van der Waals surface area contributed by atoms with Crippen LogP contribution in [-0.4, -0.2) is 25.3 Å². The van der Waals surface area contributed by atoms with Crippen LogP contribution in [0.15, 0.2) is 0 Å². The fourth-order valence-electron chi connectivity index (χ4n) is 2.28. The molecule has 1 heterocycles. The number of nitrogen functional groups attached to an aromatic ring is 1. The van der Waals surface area contributed by atoms with Gasteiger partial charge in [0.05, 0.1) is 16.1 Å². The highest BCUT2D eigenvalue weighted by Crippen LogP contribution is 2.49. The molecule has 0 saturated heterocycles. The minimum absolute atomic E-state index is 0.109. The van der Waals surface area contributed by atoms with Gasteiger partial charge in [-0.25, -0.2) is 0 Å². The molecular weight excluding hydrogens is 274 g/mol. The molecule has 1 aliphatic rings. The maximum Gasteiger partial charge on any atom is 0.256 e. The Kier molecular flexibility index (Phi) is 4.04. The molecule has 0 aromatic carbocycles. The molecule has 5 nitrogen and oxygen atoms in total. The Hall–Kier alpha value is -1.56. The van der Waals surface area contributed by atoms with Crippen LogP contribution < -0.4 is 16.4 Å². The zero-order chi connectivity index (χ0) is 14.9. The number of carbonyl (C=O) groups is 2. The fourth-order valence-corrected chi connectivity index (χ4v) is 3.29. The third kappa shape index (κ3) is 2.65. The van der Waals surface area contributed by atoms with Crippen LogP contribution in [0, 0.1) is 5.41 Å². The Labute approximate surface area is 122 Å². The van der Waals surface area contributed by atoms with Crippen LogP contribution in [0.4, 0.5) is 10.7 Å². The van der Waals surface area contributed by atoms with Gasteiger partial charge in [-0.2, -0.15) is 0 Å². The van der Waals surface area contributed by atoms with Gasteiger partial charge in [-0.3, -0.25) is 9.59 Å². The van der Waals surface area contributed by atoms with Crippen LogP contribution in [0.1, 0.15) is 53.1 Å². The number of ketones is 1. The van der Waals surface area contributed by atoms with Crippen molar-refractivity contribution in [3.8, 4) is 0 Å². The number of anilines is 2. The Bertz CT molecular complexity index is 547. The Balaban J connectivity index is 2.28. The molecule has 1 fully saturated rings. The SMILES string of the molecule is CCC1(CNc2sc(C(C)=O)c(N)c2C(=O)NC)CC1. The lowest BCUT2D eigenvalue weighted by Crippen LogP contribution is -2.21. The first kappa shape index (κ1) is 14.8. The number of carbonyl (C=O) groups excluding carboxylic acids is 2. The number of rotatable bonds is 6. The van der Waals surface area contributed by atoms with Crippen LogP contribution in [0.2, 0.25) is 0 Å². The van der Waals surface area contributed by atoms with Crippen molar-refractivity contribution < 1.29 is 9.59 Å². The molecule has 0 bridgehead atoms. The van der Waals surface area contributed by atoms with E-state index in [-0.39, 0.29) is 17.4 Å². The van der Waals surface area contributed by atoms with Gasteiger partial charge in [0, 0.05) is 20.5 Å². The van der Waals surface area contributed by atoms with E-state index in [1.165, 1.54) is 31.1 Å². The summed E-state index contributed by atoms with van der Waals surface area (Å²) >= 11 is 1.27. The van der Waals surface area contributed by atoms with Crippen molar-refractivity contribution in [1.29, 1.82) is 0 Å². The zero-order valence-electron chi connectivity index (χ0n) is 12.1. The van der Waals surface area contributed by atoms with E-state index in [1.807, 2.05) is 0 Å². The van der Waals surface area contributed by atoms with Crippen LogP contribution in [0.25, 0.3) is 0 Å². The molecule has 0 spiro atoms.